The highest BCUT2D eigenvalue weighted by Gasteiger charge is 2.15. The van der Waals surface area contributed by atoms with Gasteiger partial charge in [0.15, 0.2) is 0 Å². The minimum Gasteiger partial charge on any atom is -0.352 e. The summed E-state index contributed by atoms with van der Waals surface area (Å²) in [6.07, 6.45) is 4.21. The van der Waals surface area contributed by atoms with Crippen LogP contribution in [0, 0.1) is 5.92 Å². The van der Waals surface area contributed by atoms with Crippen molar-refractivity contribution in [2.24, 2.45) is 5.92 Å². The van der Waals surface area contributed by atoms with Crippen LogP contribution in [0.1, 0.15) is 30.1 Å². The minimum atomic E-state index is -0.0479. The molecule has 1 aliphatic heterocycles. The molecule has 19 heavy (non-hydrogen) atoms. The fourth-order valence-corrected chi connectivity index (χ4v) is 2.58. The quantitative estimate of drug-likeness (QED) is 0.845. The van der Waals surface area contributed by atoms with Crippen LogP contribution in [0.5, 0.6) is 0 Å². The van der Waals surface area contributed by atoms with Crippen molar-refractivity contribution >= 4 is 21.8 Å². The molecule has 1 saturated heterocycles. The molecule has 1 amide bonds. The van der Waals surface area contributed by atoms with Crippen molar-refractivity contribution in [1.82, 2.24) is 15.2 Å². The first-order chi connectivity index (χ1) is 9.15. The lowest BCUT2D eigenvalue weighted by Gasteiger charge is -2.20. The second-order valence-electron chi connectivity index (χ2n) is 5.19. The molecule has 1 N–H and O–H groups in total. The molecule has 1 unspecified atom stereocenters. The third-order valence-corrected chi connectivity index (χ3v) is 3.84. The number of carbonyl (C=O) groups excluding carboxylic acids is 1. The summed E-state index contributed by atoms with van der Waals surface area (Å²) in [5.41, 5.74) is 0.608. The van der Waals surface area contributed by atoms with Gasteiger partial charge in [-0.15, -0.1) is 0 Å². The highest BCUT2D eigenvalue weighted by molar-refractivity contribution is 9.10. The number of nitrogens with one attached hydrogen (secondary N) is 1. The highest BCUT2D eigenvalue weighted by atomic mass is 79.9. The van der Waals surface area contributed by atoms with Crippen LogP contribution in [0.4, 0.5) is 0 Å². The molecule has 1 aromatic heterocycles. The SMILES string of the molecule is CC(CNC(=O)c1ccc(Br)nc1)CN1CCCC1. The smallest absolute Gasteiger partial charge is 0.252 e. The van der Waals surface area contributed by atoms with Crippen molar-refractivity contribution in [3.05, 3.63) is 28.5 Å². The summed E-state index contributed by atoms with van der Waals surface area (Å²) in [5.74, 6) is 0.429. The summed E-state index contributed by atoms with van der Waals surface area (Å²) in [4.78, 5) is 18.4. The normalized spacial score (nSPS) is 17.4. The predicted molar refractivity (Wildman–Crippen MR) is 79.1 cm³/mol. The molecular weight excluding hydrogens is 306 g/mol. The number of hydrogen-bond donors (Lipinski definition) is 1. The molecule has 4 nitrogen and oxygen atoms in total. The van der Waals surface area contributed by atoms with Crippen LogP contribution in [0.2, 0.25) is 0 Å². The third kappa shape index (κ3) is 4.58. The molecule has 1 atom stereocenters. The first kappa shape index (κ1) is 14.5. The van der Waals surface area contributed by atoms with Gasteiger partial charge in [0, 0.05) is 19.3 Å². The summed E-state index contributed by atoms with van der Waals surface area (Å²) in [5, 5.41) is 2.97. The summed E-state index contributed by atoms with van der Waals surface area (Å²) >= 11 is 3.26. The largest absolute Gasteiger partial charge is 0.352 e. The maximum Gasteiger partial charge on any atom is 0.252 e. The molecular formula is C14H20BrN3O. The van der Waals surface area contributed by atoms with Gasteiger partial charge in [0.2, 0.25) is 0 Å². The molecule has 2 rings (SSSR count). The van der Waals surface area contributed by atoms with E-state index < -0.39 is 0 Å². The fraction of sp³-hybridized carbons (Fsp3) is 0.571. The molecule has 104 valence electrons. The molecule has 5 heteroatoms. The number of likely N-dealkylation sites (tertiary alicyclic amines) is 1. The highest BCUT2D eigenvalue weighted by Crippen LogP contribution is 2.10. The zero-order valence-corrected chi connectivity index (χ0v) is 12.8. The van der Waals surface area contributed by atoms with Crippen molar-refractivity contribution in [1.29, 1.82) is 0 Å². The van der Waals surface area contributed by atoms with Crippen LogP contribution in [0.3, 0.4) is 0 Å². The second-order valence-corrected chi connectivity index (χ2v) is 6.00. The van der Waals surface area contributed by atoms with Gasteiger partial charge < -0.3 is 10.2 Å². The standard InChI is InChI=1S/C14H20BrN3O/c1-11(10-18-6-2-3-7-18)8-17-14(19)12-4-5-13(15)16-9-12/h4-5,9,11H,2-3,6-8,10H2,1H3,(H,17,19). The average Bonchev–Trinajstić information content (AvgIpc) is 2.89. The molecule has 1 fully saturated rings. The van der Waals surface area contributed by atoms with Crippen LogP contribution in [-0.2, 0) is 0 Å². The van der Waals surface area contributed by atoms with Gasteiger partial charge in [-0.05, 0) is 59.9 Å². The van der Waals surface area contributed by atoms with Gasteiger partial charge in [-0.3, -0.25) is 4.79 Å². The Bertz CT molecular complexity index is 415. The van der Waals surface area contributed by atoms with Gasteiger partial charge >= 0.3 is 0 Å². The molecule has 2 heterocycles. The van der Waals surface area contributed by atoms with Gasteiger partial charge in [-0.2, -0.15) is 0 Å². The number of hydrogen-bond acceptors (Lipinski definition) is 3. The Morgan fingerprint density at radius 1 is 1.47 bits per heavy atom. The Morgan fingerprint density at radius 2 is 2.21 bits per heavy atom. The number of nitrogens with zero attached hydrogens (tertiary/aromatic N) is 2. The summed E-state index contributed by atoms with van der Waals surface area (Å²) < 4.78 is 0.742. The molecule has 1 aromatic rings. The number of carbonyl (C=O) groups is 1. The first-order valence-corrected chi connectivity index (χ1v) is 7.56. The summed E-state index contributed by atoms with van der Waals surface area (Å²) in [6.45, 7) is 6.37. The number of rotatable bonds is 5. The van der Waals surface area contributed by atoms with E-state index in [2.05, 4.69) is 38.1 Å². The minimum absolute atomic E-state index is 0.0479. The lowest BCUT2D eigenvalue weighted by atomic mass is 10.1. The molecule has 0 aromatic carbocycles. The van der Waals surface area contributed by atoms with Crippen molar-refractivity contribution in [3.63, 3.8) is 0 Å². The lowest BCUT2D eigenvalue weighted by molar-refractivity contribution is 0.0944. The Kier molecular flexibility index (Phi) is 5.34. The van der Waals surface area contributed by atoms with E-state index in [1.54, 1.807) is 18.3 Å². The average molecular weight is 326 g/mol. The van der Waals surface area contributed by atoms with Gasteiger partial charge in [-0.1, -0.05) is 6.92 Å². The predicted octanol–water partition coefficient (Wildman–Crippen LogP) is 2.31. The first-order valence-electron chi connectivity index (χ1n) is 6.77. The number of amides is 1. The van der Waals surface area contributed by atoms with Crippen molar-refractivity contribution in [2.75, 3.05) is 26.2 Å². The van der Waals surface area contributed by atoms with Gasteiger partial charge in [0.25, 0.3) is 5.91 Å². The van der Waals surface area contributed by atoms with Gasteiger partial charge in [0.1, 0.15) is 4.60 Å². The maximum atomic E-state index is 11.9. The third-order valence-electron chi connectivity index (χ3n) is 3.37. The van der Waals surface area contributed by atoms with Crippen LogP contribution < -0.4 is 5.32 Å². The van der Waals surface area contributed by atoms with E-state index in [9.17, 15) is 4.79 Å². The molecule has 0 aliphatic carbocycles. The van der Waals surface area contributed by atoms with E-state index in [4.69, 9.17) is 0 Å². The fourth-order valence-electron chi connectivity index (χ4n) is 2.35. The van der Waals surface area contributed by atoms with Gasteiger partial charge in [-0.25, -0.2) is 4.98 Å². The van der Waals surface area contributed by atoms with E-state index in [0.717, 1.165) is 11.1 Å². The van der Waals surface area contributed by atoms with Crippen molar-refractivity contribution < 1.29 is 4.79 Å². The summed E-state index contributed by atoms with van der Waals surface area (Å²) in [6, 6.07) is 3.56. The van der Waals surface area contributed by atoms with E-state index in [1.807, 2.05) is 0 Å². The van der Waals surface area contributed by atoms with E-state index in [0.29, 0.717) is 18.0 Å². The Balaban J connectivity index is 1.74. The van der Waals surface area contributed by atoms with E-state index >= 15 is 0 Å². The molecule has 0 bridgehead atoms. The van der Waals surface area contributed by atoms with E-state index in [-0.39, 0.29) is 5.91 Å². The number of pyridine rings is 1. The topological polar surface area (TPSA) is 45.2 Å². The Morgan fingerprint density at radius 3 is 2.84 bits per heavy atom. The zero-order valence-electron chi connectivity index (χ0n) is 11.2. The number of halogens is 1. The van der Waals surface area contributed by atoms with Crippen LogP contribution in [0.15, 0.2) is 22.9 Å². The van der Waals surface area contributed by atoms with Crippen LogP contribution in [-0.4, -0.2) is 42.0 Å². The Labute approximate surface area is 122 Å². The lowest BCUT2D eigenvalue weighted by Crippen LogP contribution is -2.34. The molecule has 1 aliphatic rings. The number of aromatic nitrogens is 1. The van der Waals surface area contributed by atoms with Gasteiger partial charge in [0.05, 0.1) is 5.56 Å². The monoisotopic (exact) mass is 325 g/mol. The zero-order chi connectivity index (χ0) is 13.7. The summed E-state index contributed by atoms with van der Waals surface area (Å²) in [7, 11) is 0. The Hall–Kier alpha value is -0.940. The molecule has 0 radical (unpaired) electrons. The maximum absolute atomic E-state index is 11.9. The van der Waals surface area contributed by atoms with Crippen LogP contribution >= 0.6 is 15.9 Å². The van der Waals surface area contributed by atoms with Crippen molar-refractivity contribution in [2.45, 2.75) is 19.8 Å². The van der Waals surface area contributed by atoms with Crippen molar-refractivity contribution in [3.8, 4) is 0 Å². The second kappa shape index (κ2) is 7.01. The van der Waals surface area contributed by atoms with E-state index in [1.165, 1.54) is 25.9 Å². The molecule has 0 spiro atoms. The van der Waals surface area contributed by atoms with Crippen LogP contribution in [0.25, 0.3) is 0 Å². The molecule has 0 saturated carbocycles.